The molecule has 8 heteroatoms. The van der Waals surface area contributed by atoms with Crippen molar-refractivity contribution in [3.8, 4) is 11.1 Å². The van der Waals surface area contributed by atoms with E-state index in [4.69, 9.17) is 4.74 Å². The predicted octanol–water partition coefficient (Wildman–Crippen LogP) is 3.43. The molecular formula is C27H32N2O6. The third kappa shape index (κ3) is 5.65. The van der Waals surface area contributed by atoms with Crippen molar-refractivity contribution >= 4 is 18.0 Å². The largest absolute Gasteiger partial charge is 0.481 e. The minimum atomic E-state index is -1.28. The van der Waals surface area contributed by atoms with Crippen LogP contribution >= 0.6 is 0 Å². The second kappa shape index (κ2) is 10.9. The van der Waals surface area contributed by atoms with Gasteiger partial charge in [0.1, 0.15) is 12.6 Å². The molecule has 4 N–H and O–H groups in total. The molecule has 2 aliphatic rings. The molecule has 1 unspecified atom stereocenters. The van der Waals surface area contributed by atoms with Gasteiger partial charge in [-0.25, -0.2) is 4.79 Å². The van der Waals surface area contributed by atoms with Crippen LogP contribution in [0.4, 0.5) is 4.79 Å². The van der Waals surface area contributed by atoms with E-state index >= 15 is 0 Å². The summed E-state index contributed by atoms with van der Waals surface area (Å²) in [7, 11) is 0. The first-order valence-corrected chi connectivity index (χ1v) is 12.1. The quantitative estimate of drug-likeness (QED) is 0.436. The highest BCUT2D eigenvalue weighted by Crippen LogP contribution is 2.44. The van der Waals surface area contributed by atoms with Gasteiger partial charge in [0.2, 0.25) is 5.91 Å². The minimum Gasteiger partial charge on any atom is -0.481 e. The van der Waals surface area contributed by atoms with Gasteiger partial charge in [0, 0.05) is 17.9 Å². The van der Waals surface area contributed by atoms with Crippen molar-refractivity contribution in [2.45, 2.75) is 50.5 Å². The number of carboxylic acid groups (broad SMARTS) is 1. The number of fused-ring (bicyclic) bond motifs is 3. The number of aliphatic hydroxyl groups excluding tert-OH is 1. The highest BCUT2D eigenvalue weighted by molar-refractivity contribution is 5.89. The van der Waals surface area contributed by atoms with Gasteiger partial charge in [-0.3, -0.25) is 9.59 Å². The summed E-state index contributed by atoms with van der Waals surface area (Å²) in [6.45, 7) is 0.260. The SMILES string of the molecule is O=C(O)CC(NC(=O)OCC1c2ccccc2-c2ccccc21)C(=O)NCC1(CO)CCCCC1. The first-order chi connectivity index (χ1) is 16.9. The second-order valence-electron chi connectivity index (χ2n) is 9.56. The summed E-state index contributed by atoms with van der Waals surface area (Å²) in [5.41, 5.74) is 3.92. The molecule has 35 heavy (non-hydrogen) atoms. The highest BCUT2D eigenvalue weighted by Gasteiger charge is 2.34. The molecule has 4 rings (SSSR count). The van der Waals surface area contributed by atoms with E-state index in [1.807, 2.05) is 48.5 Å². The highest BCUT2D eigenvalue weighted by atomic mass is 16.5. The van der Waals surface area contributed by atoms with E-state index in [1.165, 1.54) is 0 Å². The smallest absolute Gasteiger partial charge is 0.407 e. The number of aliphatic hydroxyl groups is 1. The maximum atomic E-state index is 12.8. The average Bonchev–Trinajstić information content (AvgIpc) is 3.19. The van der Waals surface area contributed by atoms with Crippen molar-refractivity contribution in [2.24, 2.45) is 5.41 Å². The van der Waals surface area contributed by atoms with Crippen LogP contribution in [0.25, 0.3) is 11.1 Å². The average molecular weight is 481 g/mol. The number of carbonyl (C=O) groups is 3. The number of hydrogen-bond donors (Lipinski definition) is 4. The zero-order chi connectivity index (χ0) is 24.8. The fourth-order valence-corrected chi connectivity index (χ4v) is 5.26. The standard InChI is InChI=1S/C27H32N2O6/c30-17-27(12-6-1-7-13-27)16-28-25(33)23(14-24(31)32)29-26(34)35-15-22-20-10-4-2-8-18(20)19-9-3-5-11-21(19)22/h2-5,8-11,22-23,30H,1,6-7,12-17H2,(H,28,33)(H,29,34)(H,31,32). The van der Waals surface area contributed by atoms with E-state index in [-0.39, 0.29) is 25.7 Å². The molecule has 0 spiro atoms. The predicted molar refractivity (Wildman–Crippen MR) is 130 cm³/mol. The Bertz CT molecular complexity index is 1030. The van der Waals surface area contributed by atoms with Crippen molar-refractivity contribution < 1.29 is 29.3 Å². The zero-order valence-corrected chi connectivity index (χ0v) is 19.7. The lowest BCUT2D eigenvalue weighted by atomic mass is 9.74. The molecule has 1 fully saturated rings. The Kier molecular flexibility index (Phi) is 7.70. The normalized spacial score (nSPS) is 17.1. The third-order valence-electron chi connectivity index (χ3n) is 7.22. The number of alkyl carbamates (subject to hydrolysis) is 1. The Balaban J connectivity index is 1.37. The lowest BCUT2D eigenvalue weighted by Gasteiger charge is -2.36. The minimum absolute atomic E-state index is 0.0450. The van der Waals surface area contributed by atoms with Crippen molar-refractivity contribution in [1.29, 1.82) is 0 Å². The summed E-state index contributed by atoms with van der Waals surface area (Å²) >= 11 is 0. The number of carboxylic acids is 1. The first kappa shape index (κ1) is 24.7. The summed E-state index contributed by atoms with van der Waals surface area (Å²) in [4.78, 5) is 36.7. The van der Waals surface area contributed by atoms with Crippen LogP contribution in [-0.2, 0) is 14.3 Å². The number of amides is 2. The molecule has 0 saturated heterocycles. The Morgan fingerprint density at radius 3 is 2.14 bits per heavy atom. The summed E-state index contributed by atoms with van der Waals surface area (Å²) in [6, 6.07) is 14.6. The van der Waals surface area contributed by atoms with Crippen molar-refractivity contribution in [1.82, 2.24) is 10.6 Å². The molecule has 0 aliphatic heterocycles. The molecule has 186 valence electrons. The van der Waals surface area contributed by atoms with Crippen LogP contribution in [0.2, 0.25) is 0 Å². The van der Waals surface area contributed by atoms with E-state index in [0.29, 0.717) is 0 Å². The Labute approximate surface area is 204 Å². The summed E-state index contributed by atoms with van der Waals surface area (Å²) < 4.78 is 5.47. The maximum absolute atomic E-state index is 12.8. The van der Waals surface area contributed by atoms with Crippen LogP contribution in [0.5, 0.6) is 0 Å². The first-order valence-electron chi connectivity index (χ1n) is 12.1. The summed E-state index contributed by atoms with van der Waals surface area (Å²) in [5, 5.41) is 24.3. The number of aliphatic carboxylic acids is 1. The van der Waals surface area contributed by atoms with Crippen LogP contribution in [0, 0.1) is 5.41 Å². The number of hydrogen-bond acceptors (Lipinski definition) is 5. The zero-order valence-electron chi connectivity index (χ0n) is 19.7. The molecule has 1 saturated carbocycles. The molecule has 2 aromatic rings. The van der Waals surface area contributed by atoms with Gasteiger partial charge in [-0.1, -0.05) is 67.8 Å². The van der Waals surface area contributed by atoms with Gasteiger partial charge < -0.3 is 25.6 Å². The third-order valence-corrected chi connectivity index (χ3v) is 7.22. The van der Waals surface area contributed by atoms with E-state index in [9.17, 15) is 24.6 Å². The molecule has 0 aromatic heterocycles. The van der Waals surface area contributed by atoms with E-state index < -0.39 is 35.8 Å². The maximum Gasteiger partial charge on any atom is 0.407 e. The van der Waals surface area contributed by atoms with Crippen LogP contribution in [0.3, 0.4) is 0 Å². The van der Waals surface area contributed by atoms with Crippen LogP contribution < -0.4 is 10.6 Å². The van der Waals surface area contributed by atoms with E-state index in [2.05, 4.69) is 10.6 Å². The van der Waals surface area contributed by atoms with Gasteiger partial charge in [-0.15, -0.1) is 0 Å². The molecule has 0 radical (unpaired) electrons. The Morgan fingerprint density at radius 1 is 0.971 bits per heavy atom. The lowest BCUT2D eigenvalue weighted by Crippen LogP contribution is -2.51. The molecule has 1 atom stereocenters. The van der Waals surface area contributed by atoms with Crippen molar-refractivity contribution in [2.75, 3.05) is 19.8 Å². The Morgan fingerprint density at radius 2 is 1.57 bits per heavy atom. The lowest BCUT2D eigenvalue weighted by molar-refractivity contribution is -0.140. The number of nitrogens with one attached hydrogen (secondary N) is 2. The fraction of sp³-hybridized carbons (Fsp3) is 0.444. The number of ether oxygens (including phenoxy) is 1. The van der Waals surface area contributed by atoms with Crippen LogP contribution in [0.1, 0.15) is 55.6 Å². The summed E-state index contributed by atoms with van der Waals surface area (Å²) in [5.74, 6) is -1.95. The van der Waals surface area contributed by atoms with Gasteiger partial charge >= 0.3 is 12.1 Å². The number of benzene rings is 2. The van der Waals surface area contributed by atoms with Gasteiger partial charge in [0.05, 0.1) is 13.0 Å². The molecule has 2 amide bonds. The van der Waals surface area contributed by atoms with Crippen molar-refractivity contribution in [3.05, 3.63) is 59.7 Å². The van der Waals surface area contributed by atoms with Gasteiger partial charge in [0.15, 0.2) is 0 Å². The number of rotatable bonds is 9. The van der Waals surface area contributed by atoms with Gasteiger partial charge in [-0.05, 0) is 35.1 Å². The topological polar surface area (TPSA) is 125 Å². The molecule has 2 aromatic carbocycles. The molecule has 0 bridgehead atoms. The van der Waals surface area contributed by atoms with Crippen LogP contribution in [-0.4, -0.2) is 54.0 Å². The van der Waals surface area contributed by atoms with E-state index in [1.54, 1.807) is 0 Å². The van der Waals surface area contributed by atoms with Gasteiger partial charge in [-0.2, -0.15) is 0 Å². The molecule has 2 aliphatic carbocycles. The summed E-state index contributed by atoms with van der Waals surface area (Å²) in [6.07, 6.45) is 3.24. The van der Waals surface area contributed by atoms with Gasteiger partial charge in [0.25, 0.3) is 0 Å². The second-order valence-corrected chi connectivity index (χ2v) is 9.56. The Hall–Kier alpha value is -3.39. The molecule has 8 nitrogen and oxygen atoms in total. The molecule has 0 heterocycles. The monoisotopic (exact) mass is 480 g/mol. The fourth-order valence-electron chi connectivity index (χ4n) is 5.26. The van der Waals surface area contributed by atoms with E-state index in [0.717, 1.165) is 54.4 Å². The number of carbonyl (C=O) groups excluding carboxylic acids is 2. The van der Waals surface area contributed by atoms with Crippen molar-refractivity contribution in [3.63, 3.8) is 0 Å². The molecular weight excluding hydrogens is 448 g/mol. The van der Waals surface area contributed by atoms with Crippen LogP contribution in [0.15, 0.2) is 48.5 Å².